The van der Waals surface area contributed by atoms with Crippen LogP contribution < -0.4 is 0 Å². The maximum absolute atomic E-state index is 4.16. The van der Waals surface area contributed by atoms with Gasteiger partial charge in [0.1, 0.15) is 0 Å². The number of benzene rings is 4. The van der Waals surface area contributed by atoms with Crippen molar-refractivity contribution in [3.05, 3.63) is 144 Å². The van der Waals surface area contributed by atoms with E-state index in [9.17, 15) is 0 Å². The fourth-order valence-corrected chi connectivity index (χ4v) is 4.33. The van der Waals surface area contributed by atoms with E-state index < -0.39 is 0 Å². The first-order valence-corrected chi connectivity index (χ1v) is 11.7. The van der Waals surface area contributed by atoms with Crippen LogP contribution in [0.15, 0.2) is 121 Å². The fraction of sp³-hybridized carbons (Fsp3) is 0.172. The summed E-state index contributed by atoms with van der Waals surface area (Å²) in [5, 5.41) is 0. The van der Waals surface area contributed by atoms with E-state index in [4.69, 9.17) is 0 Å². The standard InChI is InChI=1S/C29H29N2Si/c32-29(30(21-25-13-5-1-6-14-25)22-26-15-7-2-8-16-26)31(23-27-17-9-3-10-18-27)24-28-19-11-4-12-20-28/h1-20,29H,21-24H2. The molecule has 159 valence electrons. The third-order valence-electron chi connectivity index (χ3n) is 5.61. The lowest BCUT2D eigenvalue weighted by molar-refractivity contribution is 0.0738. The highest BCUT2D eigenvalue weighted by Gasteiger charge is 2.22. The van der Waals surface area contributed by atoms with Crippen LogP contribution in [0.4, 0.5) is 0 Å². The van der Waals surface area contributed by atoms with Gasteiger partial charge in [-0.3, -0.25) is 9.80 Å². The van der Waals surface area contributed by atoms with Gasteiger partial charge in [-0.15, -0.1) is 0 Å². The smallest absolute Gasteiger partial charge is 0.0703 e. The maximum atomic E-state index is 4.16. The van der Waals surface area contributed by atoms with E-state index in [1.807, 2.05) is 0 Å². The van der Waals surface area contributed by atoms with Gasteiger partial charge in [0.2, 0.25) is 0 Å². The van der Waals surface area contributed by atoms with Gasteiger partial charge in [0, 0.05) is 32.0 Å². The molecule has 4 aromatic carbocycles. The fourth-order valence-electron chi connectivity index (χ4n) is 3.96. The SMILES string of the molecule is [Si]C(N(Cc1ccccc1)Cc1ccccc1)N(Cc1ccccc1)Cc1ccccc1. The molecule has 0 unspecified atom stereocenters. The second-order valence-corrected chi connectivity index (χ2v) is 8.64. The average Bonchev–Trinajstić information content (AvgIpc) is 2.85. The van der Waals surface area contributed by atoms with Crippen LogP contribution in [-0.2, 0) is 26.2 Å². The van der Waals surface area contributed by atoms with E-state index in [1.165, 1.54) is 22.3 Å². The van der Waals surface area contributed by atoms with Crippen LogP contribution in [0.2, 0.25) is 0 Å². The van der Waals surface area contributed by atoms with E-state index in [0.29, 0.717) is 0 Å². The summed E-state index contributed by atoms with van der Waals surface area (Å²) in [6.45, 7) is 3.46. The van der Waals surface area contributed by atoms with Crippen LogP contribution in [-0.4, -0.2) is 25.8 Å². The Bertz CT molecular complexity index is 870. The quantitative estimate of drug-likeness (QED) is 0.229. The van der Waals surface area contributed by atoms with Crippen LogP contribution in [0.25, 0.3) is 0 Å². The Balaban J connectivity index is 1.61. The summed E-state index contributed by atoms with van der Waals surface area (Å²) in [5.41, 5.74) is 5.24. The lowest BCUT2D eigenvalue weighted by atomic mass is 10.1. The normalized spacial score (nSPS) is 11.4. The maximum Gasteiger partial charge on any atom is 0.0703 e. The highest BCUT2D eigenvalue weighted by Crippen LogP contribution is 2.19. The topological polar surface area (TPSA) is 6.48 Å². The molecule has 2 nitrogen and oxygen atoms in total. The molecule has 0 aromatic heterocycles. The number of hydrogen-bond acceptors (Lipinski definition) is 2. The summed E-state index contributed by atoms with van der Waals surface area (Å²) in [7, 11) is 4.16. The largest absolute Gasteiger partial charge is 0.283 e. The molecule has 3 heteroatoms. The Kier molecular flexibility index (Phi) is 8.04. The molecule has 0 fully saturated rings. The summed E-state index contributed by atoms with van der Waals surface area (Å²) < 4.78 is 0. The van der Waals surface area contributed by atoms with Crippen LogP contribution >= 0.6 is 0 Å². The van der Waals surface area contributed by atoms with Crippen molar-refractivity contribution in [1.82, 2.24) is 9.80 Å². The Labute approximate surface area is 195 Å². The van der Waals surface area contributed by atoms with E-state index in [1.54, 1.807) is 0 Å². The lowest BCUT2D eigenvalue weighted by Gasteiger charge is -2.38. The third kappa shape index (κ3) is 6.51. The van der Waals surface area contributed by atoms with Crippen molar-refractivity contribution in [2.45, 2.75) is 32.0 Å². The molecule has 0 aliphatic heterocycles. The molecule has 3 radical (unpaired) electrons. The van der Waals surface area contributed by atoms with Crippen molar-refractivity contribution in [3.8, 4) is 0 Å². The molecular formula is C29H29N2Si. The molecule has 0 atom stereocenters. The third-order valence-corrected chi connectivity index (χ3v) is 6.34. The minimum Gasteiger partial charge on any atom is -0.283 e. The highest BCUT2D eigenvalue weighted by molar-refractivity contribution is 6.11. The predicted molar refractivity (Wildman–Crippen MR) is 134 cm³/mol. The second-order valence-electron chi connectivity index (χ2n) is 8.13. The zero-order valence-electron chi connectivity index (χ0n) is 18.3. The number of hydrogen-bond donors (Lipinski definition) is 0. The molecule has 0 amide bonds. The number of nitrogens with zero attached hydrogens (tertiary/aromatic N) is 2. The van der Waals surface area contributed by atoms with Crippen molar-refractivity contribution in [1.29, 1.82) is 0 Å². The minimum atomic E-state index is 0.0656. The van der Waals surface area contributed by atoms with Crippen molar-refractivity contribution >= 4 is 10.2 Å². The molecule has 4 rings (SSSR count). The molecule has 0 N–H and O–H groups in total. The molecule has 0 aliphatic rings. The Morgan fingerprint density at radius 3 is 0.844 bits per heavy atom. The van der Waals surface area contributed by atoms with Gasteiger partial charge in [0.05, 0.1) is 10.2 Å². The zero-order valence-corrected chi connectivity index (χ0v) is 19.3. The van der Waals surface area contributed by atoms with E-state index in [0.717, 1.165) is 26.2 Å². The van der Waals surface area contributed by atoms with E-state index >= 15 is 0 Å². The van der Waals surface area contributed by atoms with Crippen molar-refractivity contribution in [3.63, 3.8) is 0 Å². The second kappa shape index (κ2) is 11.6. The molecule has 0 saturated carbocycles. The molecule has 32 heavy (non-hydrogen) atoms. The first-order chi connectivity index (χ1) is 15.8. The molecular weight excluding hydrogens is 404 g/mol. The lowest BCUT2D eigenvalue weighted by Crippen LogP contribution is -2.47. The van der Waals surface area contributed by atoms with Gasteiger partial charge < -0.3 is 0 Å². The Hall–Kier alpha value is -2.98. The molecule has 0 aliphatic carbocycles. The summed E-state index contributed by atoms with van der Waals surface area (Å²) in [6, 6.07) is 42.9. The first kappa shape index (κ1) is 22.2. The van der Waals surface area contributed by atoms with Gasteiger partial charge in [-0.05, 0) is 22.3 Å². The molecule has 0 saturated heterocycles. The number of rotatable bonds is 10. The average molecular weight is 434 g/mol. The molecule has 0 heterocycles. The summed E-state index contributed by atoms with van der Waals surface area (Å²) in [4.78, 5) is 4.99. The molecule has 0 bridgehead atoms. The van der Waals surface area contributed by atoms with Gasteiger partial charge >= 0.3 is 0 Å². The molecule has 0 spiro atoms. The van der Waals surface area contributed by atoms with Gasteiger partial charge in [0.25, 0.3) is 0 Å². The first-order valence-electron chi connectivity index (χ1n) is 11.1. The predicted octanol–water partition coefficient (Wildman–Crippen LogP) is 5.84. The Morgan fingerprint density at radius 2 is 0.625 bits per heavy atom. The van der Waals surface area contributed by atoms with Crippen LogP contribution in [0.1, 0.15) is 22.3 Å². The van der Waals surface area contributed by atoms with E-state index in [2.05, 4.69) is 141 Å². The van der Waals surface area contributed by atoms with Crippen LogP contribution in [0.5, 0.6) is 0 Å². The molecule has 4 aromatic rings. The van der Waals surface area contributed by atoms with Crippen molar-refractivity contribution in [2.75, 3.05) is 0 Å². The Morgan fingerprint density at radius 1 is 0.406 bits per heavy atom. The summed E-state index contributed by atoms with van der Waals surface area (Å²) >= 11 is 0. The van der Waals surface area contributed by atoms with Crippen LogP contribution in [0, 0.1) is 0 Å². The van der Waals surface area contributed by atoms with Crippen molar-refractivity contribution in [2.24, 2.45) is 0 Å². The van der Waals surface area contributed by atoms with Crippen LogP contribution in [0.3, 0.4) is 0 Å². The minimum absolute atomic E-state index is 0.0656. The van der Waals surface area contributed by atoms with E-state index in [-0.39, 0.29) is 5.79 Å². The zero-order chi connectivity index (χ0) is 22.0. The van der Waals surface area contributed by atoms with Gasteiger partial charge in [-0.2, -0.15) is 0 Å². The van der Waals surface area contributed by atoms with Gasteiger partial charge in [-0.25, -0.2) is 0 Å². The summed E-state index contributed by atoms with van der Waals surface area (Å²) in [6.07, 6.45) is 0. The highest BCUT2D eigenvalue weighted by atomic mass is 28.1. The monoisotopic (exact) mass is 433 g/mol. The van der Waals surface area contributed by atoms with Crippen molar-refractivity contribution < 1.29 is 0 Å². The van der Waals surface area contributed by atoms with Gasteiger partial charge in [-0.1, -0.05) is 121 Å². The summed E-state index contributed by atoms with van der Waals surface area (Å²) in [5.74, 6) is 0.0656. The van der Waals surface area contributed by atoms with Gasteiger partial charge in [0.15, 0.2) is 0 Å².